The van der Waals surface area contributed by atoms with E-state index in [0.717, 1.165) is 83.5 Å². The van der Waals surface area contributed by atoms with E-state index in [-0.39, 0.29) is 37.5 Å². The second kappa shape index (κ2) is 44.5. The maximum absolute atomic E-state index is 12.7. The molecule has 0 aromatic heterocycles. The van der Waals surface area contributed by atoms with E-state index in [1.54, 1.807) is 0 Å². The Hall–Kier alpha value is -4.19. The van der Waals surface area contributed by atoms with Gasteiger partial charge in [0.2, 0.25) is 0 Å². The van der Waals surface area contributed by atoms with Crippen LogP contribution in [0.2, 0.25) is 0 Å². The summed E-state index contributed by atoms with van der Waals surface area (Å²) in [5.41, 5.74) is 0. The van der Waals surface area contributed by atoms with Gasteiger partial charge in [-0.15, -0.1) is 0 Å². The smallest absolute Gasteiger partial charge is 0.306 e. The zero-order chi connectivity index (χ0) is 41.5. The molecule has 0 aliphatic heterocycles. The average molecular weight is 787 g/mol. The summed E-state index contributed by atoms with van der Waals surface area (Å²) in [5.74, 6) is -1.05. The molecular formula is C51H78O6. The van der Waals surface area contributed by atoms with Crippen LogP contribution in [0.15, 0.2) is 122 Å². The number of hydrogen-bond acceptors (Lipinski definition) is 6. The topological polar surface area (TPSA) is 78.9 Å². The van der Waals surface area contributed by atoms with Crippen molar-refractivity contribution in [1.29, 1.82) is 0 Å². The normalized spacial score (nSPS) is 13.2. The van der Waals surface area contributed by atoms with Crippen LogP contribution in [0.5, 0.6) is 0 Å². The summed E-state index contributed by atoms with van der Waals surface area (Å²) in [7, 11) is 0. The maximum atomic E-state index is 12.7. The molecule has 6 nitrogen and oxygen atoms in total. The van der Waals surface area contributed by atoms with Crippen LogP contribution in [0.25, 0.3) is 0 Å². The van der Waals surface area contributed by atoms with Crippen LogP contribution < -0.4 is 0 Å². The number of hydrogen-bond donors (Lipinski definition) is 0. The molecule has 0 radical (unpaired) electrons. The van der Waals surface area contributed by atoms with Crippen molar-refractivity contribution in [2.75, 3.05) is 13.2 Å². The second-order valence-electron chi connectivity index (χ2n) is 14.0. The number of carbonyl (C=O) groups is 3. The summed E-state index contributed by atoms with van der Waals surface area (Å²) < 4.78 is 16.6. The minimum Gasteiger partial charge on any atom is -0.462 e. The van der Waals surface area contributed by atoms with Crippen LogP contribution in [0.4, 0.5) is 0 Å². The fourth-order valence-corrected chi connectivity index (χ4v) is 5.30. The van der Waals surface area contributed by atoms with Gasteiger partial charge < -0.3 is 14.2 Å². The molecule has 0 saturated carbocycles. The van der Waals surface area contributed by atoms with Gasteiger partial charge in [-0.05, 0) is 83.5 Å². The molecule has 0 saturated heterocycles. The molecular weight excluding hydrogens is 709 g/mol. The molecule has 0 heterocycles. The highest BCUT2D eigenvalue weighted by Crippen LogP contribution is 2.11. The van der Waals surface area contributed by atoms with E-state index < -0.39 is 6.10 Å². The van der Waals surface area contributed by atoms with Gasteiger partial charge >= 0.3 is 17.9 Å². The molecule has 0 aliphatic carbocycles. The molecule has 1 unspecified atom stereocenters. The van der Waals surface area contributed by atoms with Crippen LogP contribution in [0, 0.1) is 0 Å². The van der Waals surface area contributed by atoms with Crippen LogP contribution in [0.1, 0.15) is 162 Å². The number of ether oxygens (including phenoxy) is 3. The maximum Gasteiger partial charge on any atom is 0.306 e. The van der Waals surface area contributed by atoms with Crippen LogP contribution in [-0.2, 0) is 28.6 Å². The lowest BCUT2D eigenvalue weighted by Gasteiger charge is -2.18. The zero-order valence-electron chi connectivity index (χ0n) is 36.0. The van der Waals surface area contributed by atoms with Crippen LogP contribution in [-0.4, -0.2) is 37.2 Å². The molecule has 0 bridgehead atoms. The molecule has 0 rings (SSSR count). The predicted molar refractivity (Wildman–Crippen MR) is 242 cm³/mol. The quantitative estimate of drug-likeness (QED) is 0.0205. The fourth-order valence-electron chi connectivity index (χ4n) is 5.30. The Balaban J connectivity index is 4.57. The molecule has 1 atom stereocenters. The first-order valence-electron chi connectivity index (χ1n) is 22.1. The monoisotopic (exact) mass is 787 g/mol. The van der Waals surface area contributed by atoms with Gasteiger partial charge in [0, 0.05) is 19.3 Å². The first-order chi connectivity index (χ1) is 28.0. The third kappa shape index (κ3) is 42.8. The summed E-state index contributed by atoms with van der Waals surface area (Å²) in [5, 5.41) is 0. The molecule has 0 N–H and O–H groups in total. The summed E-state index contributed by atoms with van der Waals surface area (Å²) in [4.78, 5) is 37.7. The van der Waals surface area contributed by atoms with E-state index in [9.17, 15) is 14.4 Å². The summed E-state index contributed by atoms with van der Waals surface area (Å²) >= 11 is 0. The molecule has 0 aliphatic rings. The molecule has 0 aromatic rings. The van der Waals surface area contributed by atoms with Gasteiger partial charge in [-0.25, -0.2) is 0 Å². The van der Waals surface area contributed by atoms with Crippen LogP contribution >= 0.6 is 0 Å². The fraction of sp³-hybridized carbons (Fsp3) is 0.549. The summed E-state index contributed by atoms with van der Waals surface area (Å²) in [6.07, 6.45) is 60.4. The van der Waals surface area contributed by atoms with Crippen molar-refractivity contribution in [1.82, 2.24) is 0 Å². The van der Waals surface area contributed by atoms with Crippen molar-refractivity contribution in [3.05, 3.63) is 122 Å². The Bertz CT molecular complexity index is 1270. The summed E-state index contributed by atoms with van der Waals surface area (Å²) in [6, 6.07) is 0. The Labute approximate surface area is 348 Å². The minimum atomic E-state index is -0.827. The Kier molecular flexibility index (Phi) is 41.3. The number of unbranched alkanes of at least 4 members (excludes halogenated alkanes) is 11. The molecule has 6 heteroatoms. The standard InChI is InChI=1S/C51H78O6/c1-4-7-10-13-16-19-22-23-24-25-26-27-30-32-35-38-41-44-50(53)56-47-48(57-51(54)45-42-39-36-33-29-21-18-15-12-9-6-3)46-55-49(52)43-40-37-34-31-28-20-17-14-11-8-5-2/h7,9-10,12-14,16-19,21-27,30,33,36,48H,4-6,8,11,15,20,28-29,31-32,34-35,37-47H2,1-3H3/b10-7-,12-9-,16-13-,17-14-,21-18-,22-19-,24-23-,26-25+,30-27-,36-33-. The van der Waals surface area contributed by atoms with Gasteiger partial charge in [-0.2, -0.15) is 0 Å². The lowest BCUT2D eigenvalue weighted by atomic mass is 10.1. The largest absolute Gasteiger partial charge is 0.462 e. The predicted octanol–water partition coefficient (Wildman–Crippen LogP) is 14.2. The number of allylic oxidation sites excluding steroid dienone is 20. The number of carbonyl (C=O) groups excluding carboxylic acids is 3. The van der Waals surface area contributed by atoms with E-state index in [1.807, 2.05) is 60.8 Å². The number of esters is 3. The van der Waals surface area contributed by atoms with E-state index in [0.29, 0.717) is 25.7 Å². The molecule has 0 spiro atoms. The third-order valence-corrected chi connectivity index (χ3v) is 8.59. The highest BCUT2D eigenvalue weighted by atomic mass is 16.6. The number of rotatable bonds is 37. The summed E-state index contributed by atoms with van der Waals surface area (Å²) in [6.45, 7) is 6.20. The van der Waals surface area contributed by atoms with E-state index in [1.165, 1.54) is 25.7 Å². The van der Waals surface area contributed by atoms with Gasteiger partial charge in [-0.1, -0.05) is 181 Å². The van der Waals surface area contributed by atoms with Gasteiger partial charge in [0.1, 0.15) is 13.2 Å². The van der Waals surface area contributed by atoms with Crippen molar-refractivity contribution < 1.29 is 28.6 Å². The Morgan fingerprint density at radius 1 is 0.386 bits per heavy atom. The third-order valence-electron chi connectivity index (χ3n) is 8.59. The molecule has 57 heavy (non-hydrogen) atoms. The van der Waals surface area contributed by atoms with Crippen molar-refractivity contribution in [2.45, 2.75) is 168 Å². The highest BCUT2D eigenvalue weighted by molar-refractivity contribution is 5.71. The van der Waals surface area contributed by atoms with E-state index >= 15 is 0 Å². The van der Waals surface area contributed by atoms with E-state index in [4.69, 9.17) is 14.2 Å². The lowest BCUT2D eigenvalue weighted by molar-refractivity contribution is -0.167. The lowest BCUT2D eigenvalue weighted by Crippen LogP contribution is -2.30. The van der Waals surface area contributed by atoms with Crippen LogP contribution in [0.3, 0.4) is 0 Å². The minimum absolute atomic E-state index is 0.122. The molecule has 0 amide bonds. The van der Waals surface area contributed by atoms with Gasteiger partial charge in [0.25, 0.3) is 0 Å². The first-order valence-corrected chi connectivity index (χ1v) is 22.1. The zero-order valence-corrected chi connectivity index (χ0v) is 36.0. The average Bonchev–Trinajstić information content (AvgIpc) is 3.21. The van der Waals surface area contributed by atoms with E-state index in [2.05, 4.69) is 81.5 Å². The Morgan fingerprint density at radius 2 is 0.789 bits per heavy atom. The van der Waals surface area contributed by atoms with Crippen molar-refractivity contribution in [2.24, 2.45) is 0 Å². The van der Waals surface area contributed by atoms with Gasteiger partial charge in [0.05, 0.1) is 0 Å². The molecule has 0 aromatic carbocycles. The van der Waals surface area contributed by atoms with Gasteiger partial charge in [0.15, 0.2) is 6.10 Å². The van der Waals surface area contributed by atoms with Crippen molar-refractivity contribution in [3.8, 4) is 0 Å². The first kappa shape index (κ1) is 52.8. The Morgan fingerprint density at radius 3 is 1.37 bits per heavy atom. The SMILES string of the molecule is CC\C=C/C=C\C=C/C=C\C=C\C=C/CCCCCC(=O)OCC(COC(=O)CCCCCCC/C=C\CCCC)OC(=O)CCC/C=C\C/C=C\C/C=C\CC. The van der Waals surface area contributed by atoms with Crippen molar-refractivity contribution >= 4 is 17.9 Å². The van der Waals surface area contributed by atoms with Gasteiger partial charge in [-0.3, -0.25) is 14.4 Å². The molecule has 0 fully saturated rings. The second-order valence-corrected chi connectivity index (χ2v) is 14.0. The highest BCUT2D eigenvalue weighted by Gasteiger charge is 2.19. The molecule has 318 valence electrons. The van der Waals surface area contributed by atoms with Crippen molar-refractivity contribution in [3.63, 3.8) is 0 Å².